The van der Waals surface area contributed by atoms with Gasteiger partial charge in [0.1, 0.15) is 11.8 Å². The second-order valence-corrected chi connectivity index (χ2v) is 7.35. The number of esters is 1. The summed E-state index contributed by atoms with van der Waals surface area (Å²) < 4.78 is 10.8. The molecule has 1 fully saturated rings. The minimum atomic E-state index is -0.583. The Labute approximate surface area is 170 Å². The van der Waals surface area contributed by atoms with E-state index in [1.807, 2.05) is 18.2 Å². The van der Waals surface area contributed by atoms with Crippen LogP contribution in [0.3, 0.4) is 0 Å². The van der Waals surface area contributed by atoms with Gasteiger partial charge in [0.2, 0.25) is 5.96 Å². The number of unbranched alkanes of at least 4 members (excludes halogenated alkanes) is 5. The lowest BCUT2D eigenvalue weighted by Gasteiger charge is -2.27. The fraction of sp³-hybridized carbons (Fsp3) is 0.571. The first-order valence-corrected chi connectivity index (χ1v) is 10.2. The third-order valence-electron chi connectivity index (χ3n) is 5.09. The van der Waals surface area contributed by atoms with Gasteiger partial charge < -0.3 is 19.5 Å². The van der Waals surface area contributed by atoms with E-state index < -0.39 is 6.04 Å². The predicted octanol–water partition coefficient (Wildman–Crippen LogP) is 2.26. The van der Waals surface area contributed by atoms with Crippen molar-refractivity contribution in [2.45, 2.75) is 58.0 Å². The summed E-state index contributed by atoms with van der Waals surface area (Å²) >= 11 is 0. The first-order valence-electron chi connectivity index (χ1n) is 10.2. The SMILES string of the molecule is CC(=O)OCCCCCCCCOc1ccc2c(c1)CN1C(=N2)NC(=O)C1CO. The second-order valence-electron chi connectivity index (χ2n) is 7.35. The largest absolute Gasteiger partial charge is 0.494 e. The van der Waals surface area contributed by atoms with E-state index in [4.69, 9.17) is 9.47 Å². The number of rotatable bonds is 11. The van der Waals surface area contributed by atoms with Gasteiger partial charge in [-0.1, -0.05) is 25.7 Å². The van der Waals surface area contributed by atoms with Gasteiger partial charge in [0.15, 0.2) is 0 Å². The molecule has 2 aliphatic heterocycles. The fourth-order valence-electron chi connectivity index (χ4n) is 3.52. The molecule has 2 N–H and O–H groups in total. The van der Waals surface area contributed by atoms with Crippen molar-refractivity contribution in [3.63, 3.8) is 0 Å². The quantitative estimate of drug-likeness (QED) is 0.434. The van der Waals surface area contributed by atoms with Crippen LogP contribution in [-0.2, 0) is 20.9 Å². The Hall–Kier alpha value is -2.61. The van der Waals surface area contributed by atoms with Crippen LogP contribution in [0.25, 0.3) is 0 Å². The van der Waals surface area contributed by atoms with Crippen LogP contribution < -0.4 is 10.1 Å². The zero-order valence-electron chi connectivity index (χ0n) is 16.9. The van der Waals surface area contributed by atoms with Crippen LogP contribution in [0.15, 0.2) is 23.2 Å². The standard InChI is InChI=1S/C21H29N3O5/c1-15(26)28-10-6-4-2-3-5-7-11-29-17-8-9-18-16(12-17)13-24-19(14-25)20(27)23-21(24)22-18/h8-9,12,19,25H,2-7,10-11,13-14H2,1H3,(H,22,23,27). The topological polar surface area (TPSA) is 100 Å². The van der Waals surface area contributed by atoms with Crippen LogP contribution in [0.2, 0.25) is 0 Å². The lowest BCUT2D eigenvalue weighted by atomic mass is 10.1. The van der Waals surface area contributed by atoms with Gasteiger partial charge in [-0.15, -0.1) is 0 Å². The Kier molecular flexibility index (Phi) is 7.46. The molecule has 0 bridgehead atoms. The Morgan fingerprint density at radius 3 is 2.66 bits per heavy atom. The van der Waals surface area contributed by atoms with E-state index in [0.29, 0.717) is 25.7 Å². The van der Waals surface area contributed by atoms with Gasteiger partial charge in [-0.3, -0.25) is 14.9 Å². The van der Waals surface area contributed by atoms with Gasteiger partial charge in [-0.05, 0) is 31.0 Å². The average Bonchev–Trinajstić information content (AvgIpc) is 3.01. The number of fused-ring (bicyclic) bond motifs is 2. The molecule has 2 aliphatic rings. The van der Waals surface area contributed by atoms with Crippen LogP contribution in [0.1, 0.15) is 51.0 Å². The Balaban J connectivity index is 1.36. The first-order chi connectivity index (χ1) is 14.1. The maximum absolute atomic E-state index is 11.9. The molecular weight excluding hydrogens is 374 g/mol. The third-order valence-corrected chi connectivity index (χ3v) is 5.09. The molecule has 1 atom stereocenters. The second kappa shape index (κ2) is 10.2. The minimum Gasteiger partial charge on any atom is -0.494 e. The van der Waals surface area contributed by atoms with Crippen molar-refractivity contribution in [3.8, 4) is 5.75 Å². The lowest BCUT2D eigenvalue weighted by Crippen LogP contribution is -2.39. The van der Waals surface area contributed by atoms with Crippen LogP contribution in [0.5, 0.6) is 5.75 Å². The highest BCUT2D eigenvalue weighted by molar-refractivity contribution is 6.07. The molecule has 1 aromatic carbocycles. The molecule has 2 heterocycles. The number of guanidine groups is 1. The van der Waals surface area contributed by atoms with Gasteiger partial charge in [0.25, 0.3) is 5.91 Å². The minimum absolute atomic E-state index is 0.213. The highest BCUT2D eigenvalue weighted by Crippen LogP contribution is 2.31. The van der Waals surface area contributed by atoms with E-state index in [1.165, 1.54) is 6.92 Å². The lowest BCUT2D eigenvalue weighted by molar-refractivity contribution is -0.141. The number of nitrogens with one attached hydrogen (secondary N) is 1. The molecule has 8 nitrogen and oxygen atoms in total. The van der Waals surface area contributed by atoms with Crippen molar-refractivity contribution >= 4 is 23.5 Å². The Morgan fingerprint density at radius 1 is 1.21 bits per heavy atom. The summed E-state index contributed by atoms with van der Waals surface area (Å²) in [7, 11) is 0. The number of carbonyl (C=O) groups excluding carboxylic acids is 2. The number of amides is 1. The highest BCUT2D eigenvalue weighted by atomic mass is 16.5. The molecule has 0 spiro atoms. The van der Waals surface area contributed by atoms with Crippen LogP contribution >= 0.6 is 0 Å². The number of benzene rings is 1. The number of aliphatic imine (C=N–C) groups is 1. The van der Waals surface area contributed by atoms with Crippen LogP contribution in [0.4, 0.5) is 5.69 Å². The molecule has 1 aromatic rings. The van der Waals surface area contributed by atoms with Gasteiger partial charge in [-0.25, -0.2) is 4.99 Å². The van der Waals surface area contributed by atoms with Crippen molar-refractivity contribution in [2.75, 3.05) is 19.8 Å². The first kappa shape index (κ1) is 21.1. The van der Waals surface area contributed by atoms with Gasteiger partial charge in [-0.2, -0.15) is 0 Å². The maximum atomic E-state index is 11.9. The molecule has 0 saturated carbocycles. The molecule has 1 saturated heterocycles. The van der Waals surface area contributed by atoms with E-state index in [0.717, 1.165) is 55.5 Å². The van der Waals surface area contributed by atoms with E-state index in [2.05, 4.69) is 10.3 Å². The number of aliphatic hydroxyl groups is 1. The Bertz CT molecular complexity index is 765. The summed E-state index contributed by atoms with van der Waals surface area (Å²) in [4.78, 5) is 28.8. The van der Waals surface area contributed by atoms with Crippen LogP contribution in [-0.4, -0.2) is 53.7 Å². The van der Waals surface area contributed by atoms with E-state index >= 15 is 0 Å². The van der Waals surface area contributed by atoms with E-state index in [-0.39, 0.29) is 18.5 Å². The van der Waals surface area contributed by atoms with Crippen molar-refractivity contribution in [1.82, 2.24) is 10.2 Å². The predicted molar refractivity (Wildman–Crippen MR) is 108 cm³/mol. The summed E-state index contributed by atoms with van der Waals surface area (Å²) in [5, 5.41) is 12.2. The molecule has 3 rings (SSSR count). The number of aliphatic hydroxyl groups excluding tert-OH is 1. The van der Waals surface area contributed by atoms with E-state index in [1.54, 1.807) is 4.90 Å². The smallest absolute Gasteiger partial charge is 0.302 e. The normalized spacial score (nSPS) is 17.3. The summed E-state index contributed by atoms with van der Waals surface area (Å²) in [6.07, 6.45) is 6.36. The summed E-state index contributed by atoms with van der Waals surface area (Å²) in [5.74, 6) is 0.864. The summed E-state index contributed by atoms with van der Waals surface area (Å²) in [6.45, 7) is 2.89. The van der Waals surface area contributed by atoms with Crippen molar-refractivity contribution in [3.05, 3.63) is 23.8 Å². The van der Waals surface area contributed by atoms with Gasteiger partial charge in [0, 0.05) is 19.0 Å². The third kappa shape index (κ3) is 5.69. The number of hydrogen-bond acceptors (Lipinski definition) is 7. The van der Waals surface area contributed by atoms with E-state index in [9.17, 15) is 14.7 Å². The zero-order valence-corrected chi connectivity index (χ0v) is 16.9. The number of ether oxygens (including phenoxy) is 2. The average molecular weight is 403 g/mol. The number of carbonyl (C=O) groups is 2. The monoisotopic (exact) mass is 403 g/mol. The molecule has 1 unspecified atom stereocenters. The number of nitrogens with zero attached hydrogens (tertiary/aromatic N) is 2. The van der Waals surface area contributed by atoms with Gasteiger partial charge >= 0.3 is 5.97 Å². The molecule has 158 valence electrons. The van der Waals surface area contributed by atoms with Crippen molar-refractivity contribution < 1.29 is 24.2 Å². The highest BCUT2D eigenvalue weighted by Gasteiger charge is 2.38. The molecule has 8 heteroatoms. The molecule has 0 aromatic heterocycles. The van der Waals surface area contributed by atoms with Crippen LogP contribution in [0, 0.1) is 0 Å². The molecular formula is C21H29N3O5. The summed E-state index contributed by atoms with van der Waals surface area (Å²) in [5.41, 5.74) is 1.80. The Morgan fingerprint density at radius 2 is 1.93 bits per heavy atom. The summed E-state index contributed by atoms with van der Waals surface area (Å²) in [6, 6.07) is 5.17. The zero-order chi connectivity index (χ0) is 20.6. The number of hydrogen-bond donors (Lipinski definition) is 2. The molecule has 1 amide bonds. The fourth-order valence-corrected chi connectivity index (χ4v) is 3.52. The van der Waals surface area contributed by atoms with Gasteiger partial charge in [0.05, 0.1) is 25.5 Å². The molecule has 0 radical (unpaired) electrons. The van der Waals surface area contributed by atoms with Crippen molar-refractivity contribution in [2.24, 2.45) is 4.99 Å². The van der Waals surface area contributed by atoms with Crippen molar-refractivity contribution in [1.29, 1.82) is 0 Å². The molecule has 29 heavy (non-hydrogen) atoms. The maximum Gasteiger partial charge on any atom is 0.302 e. The molecule has 0 aliphatic carbocycles.